The number of hydrogen-bond acceptors (Lipinski definition) is 7. The zero-order valence-corrected chi connectivity index (χ0v) is 28.6. The van der Waals surface area contributed by atoms with Crippen LogP contribution < -0.4 is 11.1 Å². The summed E-state index contributed by atoms with van der Waals surface area (Å²) in [6.07, 6.45) is -0.553. The third kappa shape index (κ3) is 15.2. The smallest absolute Gasteiger partial charge is 0.407 e. The minimum Gasteiger partial charge on any atom is -0.444 e. The predicted molar refractivity (Wildman–Crippen MR) is 158 cm³/mol. The largest absolute Gasteiger partial charge is 0.444 e. The van der Waals surface area contributed by atoms with Crippen LogP contribution in [-0.2, 0) is 25.2 Å². The molecule has 0 saturated heterocycles. The van der Waals surface area contributed by atoms with E-state index in [-0.39, 0.29) is 41.9 Å². The average molecular weight is 611 g/mol. The second-order valence-corrected chi connectivity index (χ2v) is 17.2. The van der Waals surface area contributed by atoms with Crippen LogP contribution in [0.1, 0.15) is 62.3 Å². The fourth-order valence-corrected chi connectivity index (χ4v) is 4.34. The lowest BCUT2D eigenvalue weighted by atomic mass is 9.87. The van der Waals surface area contributed by atoms with Crippen LogP contribution >= 0.6 is 12.4 Å². The molecule has 0 aromatic heterocycles. The molecule has 0 aromatic carbocycles. The van der Waals surface area contributed by atoms with Crippen LogP contribution in [0, 0.1) is 10.8 Å². The number of hydrogen-bond donors (Lipinski definition) is 2. The van der Waals surface area contributed by atoms with Gasteiger partial charge in [0, 0.05) is 61.4 Å². The summed E-state index contributed by atoms with van der Waals surface area (Å²) in [5.41, 5.74) is 4.89. The first-order valence-corrected chi connectivity index (χ1v) is 14.9. The molecule has 0 aliphatic carbocycles. The summed E-state index contributed by atoms with van der Waals surface area (Å²) in [5.74, 6) is 0. The van der Waals surface area contributed by atoms with Gasteiger partial charge in [0.15, 0.2) is 0 Å². The van der Waals surface area contributed by atoms with Crippen molar-refractivity contribution < 1.29 is 26.4 Å². The number of carbonyl (C=O) groups excluding carboxylic acids is 1. The SMILES string of the molecule is CN(C)S(=O)(=O)N(C)C[C@@H](N)C(C)(C)C.CN(C)S(=O)(=O)N(C)C[C@@H](NC(=O)OC(C)(C)C)C(C)(C)C.Cl. The summed E-state index contributed by atoms with van der Waals surface area (Å²) in [5, 5.41) is 2.77. The van der Waals surface area contributed by atoms with Crippen LogP contribution in [-0.4, -0.2) is 113 Å². The number of amides is 1. The van der Waals surface area contributed by atoms with E-state index in [0.717, 1.165) is 4.31 Å². The van der Waals surface area contributed by atoms with E-state index < -0.39 is 32.1 Å². The highest BCUT2D eigenvalue weighted by molar-refractivity contribution is 7.86. The second kappa shape index (κ2) is 15.3. The summed E-state index contributed by atoms with van der Waals surface area (Å²) in [6.45, 7) is 17.6. The Morgan fingerprint density at radius 2 is 1.08 bits per heavy atom. The van der Waals surface area contributed by atoms with Crippen molar-refractivity contribution in [2.75, 3.05) is 55.4 Å². The van der Waals surface area contributed by atoms with Gasteiger partial charge >= 0.3 is 6.09 Å². The molecule has 0 aromatic rings. The van der Waals surface area contributed by atoms with Gasteiger partial charge in [-0.25, -0.2) is 4.79 Å². The van der Waals surface area contributed by atoms with Gasteiger partial charge in [0.05, 0.1) is 6.04 Å². The Morgan fingerprint density at radius 3 is 1.34 bits per heavy atom. The summed E-state index contributed by atoms with van der Waals surface area (Å²) in [6, 6.07) is -0.570. The Balaban J connectivity index is -0.000000672. The molecule has 0 spiro atoms. The molecule has 0 bridgehead atoms. The van der Waals surface area contributed by atoms with Crippen molar-refractivity contribution in [2.45, 2.75) is 80.0 Å². The van der Waals surface area contributed by atoms with Crippen LogP contribution in [0.15, 0.2) is 0 Å². The minimum absolute atomic E-state index is 0. The van der Waals surface area contributed by atoms with Gasteiger partial charge in [0.25, 0.3) is 20.4 Å². The molecule has 0 heterocycles. The highest BCUT2D eigenvalue weighted by Crippen LogP contribution is 2.22. The van der Waals surface area contributed by atoms with E-state index >= 15 is 0 Å². The average Bonchev–Trinajstić information content (AvgIpc) is 2.64. The number of nitrogens with zero attached hydrogens (tertiary/aromatic N) is 4. The van der Waals surface area contributed by atoms with Gasteiger partial charge in [0.1, 0.15) is 5.60 Å². The zero-order chi connectivity index (χ0) is 30.4. The first kappa shape index (κ1) is 41.7. The van der Waals surface area contributed by atoms with Crippen molar-refractivity contribution in [1.29, 1.82) is 0 Å². The monoisotopic (exact) mass is 610 g/mol. The van der Waals surface area contributed by atoms with Gasteiger partial charge in [-0.15, -0.1) is 12.4 Å². The van der Waals surface area contributed by atoms with E-state index in [2.05, 4.69) is 5.32 Å². The Bertz CT molecular complexity index is 924. The van der Waals surface area contributed by atoms with Crippen LogP contribution in [0.3, 0.4) is 0 Å². The highest BCUT2D eigenvalue weighted by Gasteiger charge is 2.33. The minimum atomic E-state index is -3.53. The molecule has 0 saturated carbocycles. The standard InChI is InChI=1S/C14H31N3O4S.C9H23N3O2S.ClH/c1-13(2,3)11(15-12(18)21-14(4,5)6)10-17(9)22(19,20)16(7)8;1-9(2,3)8(10)7-12(6)15(13,14)11(4)5;/h11H,10H2,1-9H3,(H,15,18);8H,7,10H2,1-6H3;1H/t11-;8-;/m11./s1. The number of halogens is 1. The quantitative estimate of drug-likeness (QED) is 0.407. The van der Waals surface area contributed by atoms with Crippen LogP contribution in [0.25, 0.3) is 0 Å². The van der Waals surface area contributed by atoms with Crippen molar-refractivity contribution in [3.8, 4) is 0 Å². The molecule has 0 unspecified atom stereocenters. The van der Waals surface area contributed by atoms with Crippen LogP contribution in [0.2, 0.25) is 0 Å². The van der Waals surface area contributed by atoms with Gasteiger partial charge in [-0.3, -0.25) is 0 Å². The Hall–Kier alpha value is -0.740. The van der Waals surface area contributed by atoms with E-state index in [1.165, 1.54) is 48.2 Å². The maximum Gasteiger partial charge on any atom is 0.407 e. The number of alkyl carbamates (subject to hydrolysis) is 1. The van der Waals surface area contributed by atoms with Crippen LogP contribution in [0.5, 0.6) is 0 Å². The lowest BCUT2D eigenvalue weighted by molar-refractivity contribution is 0.0455. The van der Waals surface area contributed by atoms with Crippen molar-refractivity contribution in [3.05, 3.63) is 0 Å². The molecule has 2 atom stereocenters. The summed E-state index contributed by atoms with van der Waals surface area (Å²) < 4.78 is 57.7. The topological polar surface area (TPSA) is 146 Å². The predicted octanol–water partition coefficient (Wildman–Crippen LogP) is 2.18. The third-order valence-corrected chi connectivity index (χ3v) is 9.17. The first-order valence-electron chi connectivity index (χ1n) is 12.1. The van der Waals surface area contributed by atoms with Gasteiger partial charge < -0.3 is 15.8 Å². The fourth-order valence-electron chi connectivity index (χ4n) is 2.54. The van der Waals surface area contributed by atoms with E-state index in [0.29, 0.717) is 6.54 Å². The number of rotatable bonds is 9. The Morgan fingerprint density at radius 1 is 0.737 bits per heavy atom. The molecule has 0 fully saturated rings. The molecule has 3 N–H and O–H groups in total. The van der Waals surface area contributed by atoms with Crippen molar-refractivity contribution in [2.24, 2.45) is 16.6 Å². The van der Waals surface area contributed by atoms with Crippen molar-refractivity contribution in [3.63, 3.8) is 0 Å². The Kier molecular flexibility index (Phi) is 16.8. The fraction of sp³-hybridized carbons (Fsp3) is 0.957. The molecule has 12 nitrogen and oxygen atoms in total. The van der Waals surface area contributed by atoms with Gasteiger partial charge in [-0.2, -0.15) is 34.1 Å². The number of likely N-dealkylation sites (N-methyl/N-ethyl adjacent to an activating group) is 2. The lowest BCUT2D eigenvalue weighted by Gasteiger charge is -2.35. The number of carbonyl (C=O) groups is 1. The molecule has 38 heavy (non-hydrogen) atoms. The van der Waals surface area contributed by atoms with Gasteiger partial charge in [0.2, 0.25) is 0 Å². The molecular formula is C23H55ClN6O6S2. The number of nitrogens with two attached hydrogens (primary N) is 1. The molecule has 0 rings (SSSR count). The van der Waals surface area contributed by atoms with E-state index in [1.54, 1.807) is 27.8 Å². The number of nitrogens with one attached hydrogen (secondary N) is 1. The van der Waals surface area contributed by atoms with E-state index in [9.17, 15) is 21.6 Å². The molecule has 0 aliphatic rings. The third-order valence-electron chi connectivity index (χ3n) is 5.45. The molecule has 0 radical (unpaired) electrons. The molecular weight excluding hydrogens is 556 g/mol. The summed E-state index contributed by atoms with van der Waals surface area (Å²) in [4.78, 5) is 12.0. The van der Waals surface area contributed by atoms with Gasteiger partial charge in [-0.1, -0.05) is 41.5 Å². The van der Waals surface area contributed by atoms with Crippen molar-refractivity contribution in [1.82, 2.24) is 22.5 Å². The molecule has 232 valence electrons. The molecule has 15 heteroatoms. The van der Waals surface area contributed by atoms with E-state index in [1.807, 2.05) is 41.5 Å². The summed E-state index contributed by atoms with van der Waals surface area (Å²) in [7, 11) is 2.12. The zero-order valence-electron chi connectivity index (χ0n) is 26.1. The maximum absolute atomic E-state index is 12.1. The van der Waals surface area contributed by atoms with Crippen LogP contribution in [0.4, 0.5) is 4.79 Å². The van der Waals surface area contributed by atoms with E-state index in [4.69, 9.17) is 10.5 Å². The number of ether oxygens (including phenoxy) is 1. The van der Waals surface area contributed by atoms with Crippen molar-refractivity contribution >= 4 is 38.9 Å². The highest BCUT2D eigenvalue weighted by atomic mass is 35.5. The molecule has 0 aliphatic heterocycles. The second-order valence-electron chi connectivity index (χ2n) is 12.7. The lowest BCUT2D eigenvalue weighted by Crippen LogP contribution is -2.53. The first-order chi connectivity index (χ1) is 16.1. The Labute approximate surface area is 239 Å². The normalized spacial score (nSPS) is 15.1. The molecule has 1 amide bonds. The summed E-state index contributed by atoms with van der Waals surface area (Å²) >= 11 is 0. The maximum atomic E-state index is 12.1. The van der Waals surface area contributed by atoms with Gasteiger partial charge in [-0.05, 0) is 31.6 Å².